The van der Waals surface area contributed by atoms with Crippen LogP contribution in [0.5, 0.6) is 5.75 Å². The molecule has 1 unspecified atom stereocenters. The predicted octanol–water partition coefficient (Wildman–Crippen LogP) is 2.47. The van der Waals surface area contributed by atoms with Crippen LogP contribution in [0.3, 0.4) is 0 Å². The van der Waals surface area contributed by atoms with Crippen LogP contribution in [0.25, 0.3) is 0 Å². The van der Waals surface area contributed by atoms with Crippen LogP contribution in [-0.2, 0) is 11.3 Å². The Kier molecular flexibility index (Phi) is 4.21. The Labute approximate surface area is 104 Å². The summed E-state index contributed by atoms with van der Waals surface area (Å²) < 4.78 is 12.3. The average molecular weight is 286 g/mol. The third-order valence-electron chi connectivity index (χ3n) is 2.65. The van der Waals surface area contributed by atoms with Crippen molar-refractivity contribution < 1.29 is 9.47 Å². The van der Waals surface area contributed by atoms with Crippen molar-refractivity contribution in [3.8, 4) is 5.75 Å². The topological polar surface area (TPSA) is 44.5 Å². The summed E-state index contributed by atoms with van der Waals surface area (Å²) in [5.74, 6) is 0.876. The van der Waals surface area contributed by atoms with Crippen LogP contribution in [-0.4, -0.2) is 19.3 Å². The lowest BCUT2D eigenvalue weighted by Crippen LogP contribution is -2.28. The fourth-order valence-electron chi connectivity index (χ4n) is 1.81. The molecule has 1 heterocycles. The predicted molar refractivity (Wildman–Crippen MR) is 66.5 cm³/mol. The number of ether oxygens (including phenoxy) is 2. The minimum absolute atomic E-state index is 0.167. The minimum Gasteiger partial charge on any atom is -0.488 e. The molecule has 1 aromatic rings. The molecule has 2 rings (SSSR count). The Bertz CT molecular complexity index is 351. The van der Waals surface area contributed by atoms with Crippen molar-refractivity contribution in [2.45, 2.75) is 25.5 Å². The van der Waals surface area contributed by atoms with Gasteiger partial charge in [0.1, 0.15) is 11.9 Å². The first-order valence-electron chi connectivity index (χ1n) is 5.52. The van der Waals surface area contributed by atoms with Crippen LogP contribution in [0.1, 0.15) is 18.4 Å². The lowest BCUT2D eigenvalue weighted by molar-refractivity contribution is 0.00704. The maximum Gasteiger partial charge on any atom is 0.124 e. The van der Waals surface area contributed by atoms with E-state index in [4.69, 9.17) is 15.2 Å². The van der Waals surface area contributed by atoms with Crippen molar-refractivity contribution in [2.75, 3.05) is 13.2 Å². The fourth-order valence-corrected chi connectivity index (χ4v) is 2.21. The van der Waals surface area contributed by atoms with Gasteiger partial charge in [-0.25, -0.2) is 0 Å². The molecule has 1 aliphatic heterocycles. The Morgan fingerprint density at radius 2 is 2.38 bits per heavy atom. The van der Waals surface area contributed by atoms with Gasteiger partial charge in [-0.15, -0.1) is 0 Å². The minimum atomic E-state index is 0.167. The van der Waals surface area contributed by atoms with Gasteiger partial charge in [0.2, 0.25) is 0 Å². The number of hydrogen-bond acceptors (Lipinski definition) is 3. The molecule has 16 heavy (non-hydrogen) atoms. The van der Waals surface area contributed by atoms with Gasteiger partial charge >= 0.3 is 0 Å². The molecule has 1 aromatic carbocycles. The molecule has 0 amide bonds. The summed E-state index contributed by atoms with van der Waals surface area (Å²) in [6.45, 7) is 2.02. The molecule has 2 N–H and O–H groups in total. The molecule has 0 bridgehead atoms. The molecular weight excluding hydrogens is 270 g/mol. The molecule has 0 aliphatic carbocycles. The zero-order chi connectivity index (χ0) is 11.4. The van der Waals surface area contributed by atoms with E-state index in [1.54, 1.807) is 0 Å². The van der Waals surface area contributed by atoms with Crippen molar-refractivity contribution in [1.29, 1.82) is 0 Å². The van der Waals surface area contributed by atoms with Gasteiger partial charge in [-0.3, -0.25) is 0 Å². The summed E-state index contributed by atoms with van der Waals surface area (Å²) in [6.07, 6.45) is 2.29. The first-order valence-corrected chi connectivity index (χ1v) is 6.32. The Morgan fingerprint density at radius 3 is 3.06 bits per heavy atom. The summed E-state index contributed by atoms with van der Waals surface area (Å²) in [7, 11) is 0. The summed E-state index contributed by atoms with van der Waals surface area (Å²) in [6, 6.07) is 5.93. The molecule has 1 saturated heterocycles. The van der Waals surface area contributed by atoms with Crippen molar-refractivity contribution in [3.05, 3.63) is 28.2 Å². The third-order valence-corrected chi connectivity index (χ3v) is 3.15. The van der Waals surface area contributed by atoms with Gasteiger partial charge in [-0.05, 0) is 31.0 Å². The van der Waals surface area contributed by atoms with E-state index in [1.807, 2.05) is 18.2 Å². The molecule has 1 atom stereocenters. The smallest absolute Gasteiger partial charge is 0.124 e. The molecule has 0 aromatic heterocycles. The fraction of sp³-hybridized carbons (Fsp3) is 0.500. The molecule has 0 saturated carbocycles. The number of nitrogens with two attached hydrogens (primary N) is 1. The molecular formula is C12H16BrNO2. The number of hydrogen-bond donors (Lipinski definition) is 1. The number of halogens is 1. The van der Waals surface area contributed by atoms with E-state index in [0.717, 1.165) is 35.2 Å². The number of rotatable bonds is 3. The average Bonchev–Trinajstić information content (AvgIpc) is 2.33. The van der Waals surface area contributed by atoms with Crippen LogP contribution < -0.4 is 10.5 Å². The maximum atomic E-state index is 5.91. The van der Waals surface area contributed by atoms with Gasteiger partial charge in [0, 0.05) is 23.2 Å². The highest BCUT2D eigenvalue weighted by molar-refractivity contribution is 9.10. The lowest BCUT2D eigenvalue weighted by Gasteiger charge is -2.24. The molecule has 1 aliphatic rings. The molecule has 0 radical (unpaired) electrons. The van der Waals surface area contributed by atoms with Crippen molar-refractivity contribution in [1.82, 2.24) is 0 Å². The zero-order valence-electron chi connectivity index (χ0n) is 9.12. The van der Waals surface area contributed by atoms with Crippen molar-refractivity contribution in [2.24, 2.45) is 5.73 Å². The highest BCUT2D eigenvalue weighted by atomic mass is 79.9. The van der Waals surface area contributed by atoms with E-state index < -0.39 is 0 Å². The van der Waals surface area contributed by atoms with E-state index in [-0.39, 0.29) is 6.10 Å². The summed E-state index contributed by atoms with van der Waals surface area (Å²) >= 11 is 3.43. The highest BCUT2D eigenvalue weighted by Crippen LogP contribution is 2.25. The molecule has 88 valence electrons. The van der Waals surface area contributed by atoms with Crippen LogP contribution in [0.4, 0.5) is 0 Å². The largest absolute Gasteiger partial charge is 0.488 e. The van der Waals surface area contributed by atoms with E-state index in [1.165, 1.54) is 0 Å². The quantitative estimate of drug-likeness (QED) is 0.928. The van der Waals surface area contributed by atoms with Crippen molar-refractivity contribution >= 4 is 15.9 Å². The first kappa shape index (κ1) is 11.9. The van der Waals surface area contributed by atoms with Gasteiger partial charge in [-0.1, -0.05) is 15.9 Å². The molecule has 3 nitrogen and oxygen atoms in total. The van der Waals surface area contributed by atoms with E-state index in [2.05, 4.69) is 15.9 Å². The Morgan fingerprint density at radius 1 is 1.50 bits per heavy atom. The van der Waals surface area contributed by atoms with Crippen molar-refractivity contribution in [3.63, 3.8) is 0 Å². The van der Waals surface area contributed by atoms with E-state index in [0.29, 0.717) is 13.2 Å². The van der Waals surface area contributed by atoms with Crippen LogP contribution in [0, 0.1) is 0 Å². The number of benzene rings is 1. The Hall–Kier alpha value is -0.580. The van der Waals surface area contributed by atoms with E-state index in [9.17, 15) is 0 Å². The summed E-state index contributed by atoms with van der Waals surface area (Å²) in [5.41, 5.74) is 6.72. The second kappa shape index (κ2) is 5.66. The zero-order valence-corrected chi connectivity index (χ0v) is 10.7. The maximum absolute atomic E-state index is 5.91. The second-order valence-corrected chi connectivity index (χ2v) is 4.83. The Balaban J connectivity index is 2.07. The first-order chi connectivity index (χ1) is 7.79. The van der Waals surface area contributed by atoms with Gasteiger partial charge < -0.3 is 15.2 Å². The highest BCUT2D eigenvalue weighted by Gasteiger charge is 2.16. The van der Waals surface area contributed by atoms with Gasteiger partial charge in [-0.2, -0.15) is 0 Å². The molecule has 0 spiro atoms. The molecule has 4 heteroatoms. The van der Waals surface area contributed by atoms with Crippen LogP contribution in [0.15, 0.2) is 22.7 Å². The summed E-state index contributed by atoms with van der Waals surface area (Å²) in [4.78, 5) is 0. The van der Waals surface area contributed by atoms with Gasteiger partial charge in [0.15, 0.2) is 0 Å². The third kappa shape index (κ3) is 2.97. The molecule has 1 fully saturated rings. The normalized spacial score (nSPS) is 20.8. The van der Waals surface area contributed by atoms with Gasteiger partial charge in [0.05, 0.1) is 6.61 Å². The van der Waals surface area contributed by atoms with Gasteiger partial charge in [0.25, 0.3) is 0 Å². The monoisotopic (exact) mass is 285 g/mol. The second-order valence-electron chi connectivity index (χ2n) is 3.91. The lowest BCUT2D eigenvalue weighted by atomic mass is 10.1. The standard InChI is InChI=1S/C12H16BrNO2/c13-10-3-4-12(9(6-10)7-14)16-11-2-1-5-15-8-11/h3-4,6,11H,1-2,5,7-8,14H2. The summed E-state index contributed by atoms with van der Waals surface area (Å²) in [5, 5.41) is 0. The SMILES string of the molecule is NCc1cc(Br)ccc1OC1CCCOC1. The van der Waals surface area contributed by atoms with Crippen LogP contribution in [0.2, 0.25) is 0 Å². The van der Waals surface area contributed by atoms with E-state index >= 15 is 0 Å². The van der Waals surface area contributed by atoms with Crippen LogP contribution >= 0.6 is 15.9 Å².